The van der Waals surface area contributed by atoms with Gasteiger partial charge in [-0.25, -0.2) is 8.42 Å². The highest BCUT2D eigenvalue weighted by molar-refractivity contribution is 7.80. The van der Waals surface area contributed by atoms with Gasteiger partial charge in [-0.3, -0.25) is 4.18 Å². The predicted octanol–water partition coefficient (Wildman–Crippen LogP) is 3.21. The van der Waals surface area contributed by atoms with Gasteiger partial charge in [-0.15, -0.1) is 0 Å². The van der Waals surface area contributed by atoms with Crippen LogP contribution in [0.25, 0.3) is 0 Å². The quantitative estimate of drug-likeness (QED) is 0.177. The second-order valence-electron chi connectivity index (χ2n) is 6.08. The highest BCUT2D eigenvalue weighted by atomic mass is 32.3. The van der Waals surface area contributed by atoms with Gasteiger partial charge in [-0.05, 0) is 25.7 Å². The Morgan fingerprint density at radius 1 is 1.00 bits per heavy atom. The van der Waals surface area contributed by atoms with E-state index in [-0.39, 0.29) is 0 Å². The minimum atomic E-state index is -4.41. The van der Waals surface area contributed by atoms with Crippen LogP contribution in [-0.2, 0) is 14.6 Å². The maximum Gasteiger partial charge on any atom is 0.217 e. The Hall–Kier alpha value is -0.680. The van der Waals surface area contributed by atoms with Crippen molar-refractivity contribution in [3.63, 3.8) is 0 Å². The standard InChI is InChI=1S/C15H31N2.CH4O4S/c1-4-6-8-10-13-17(3,15-12-16)14-11-9-7-5-2;1-5-6(2,3)4/h4-11,13-15H2,1-3H3;1H3,(H,2,3,4)/q+1;/p-1. The smallest absolute Gasteiger partial charge is 0.217 e. The van der Waals surface area contributed by atoms with Crippen LogP contribution in [0.2, 0.25) is 0 Å². The summed E-state index contributed by atoms with van der Waals surface area (Å²) in [7, 11) is -1.35. The van der Waals surface area contributed by atoms with Crippen LogP contribution in [0.15, 0.2) is 0 Å². The van der Waals surface area contributed by atoms with Gasteiger partial charge < -0.3 is 9.04 Å². The molecular formula is C16H34N2O4S. The van der Waals surface area contributed by atoms with Crippen LogP contribution < -0.4 is 0 Å². The van der Waals surface area contributed by atoms with Gasteiger partial charge in [0.2, 0.25) is 10.4 Å². The Labute approximate surface area is 143 Å². The molecule has 0 amide bonds. The van der Waals surface area contributed by atoms with E-state index in [4.69, 9.17) is 5.26 Å². The summed E-state index contributed by atoms with van der Waals surface area (Å²) in [6.07, 6.45) is 10.5. The summed E-state index contributed by atoms with van der Waals surface area (Å²) in [5.74, 6) is 0. The van der Waals surface area contributed by atoms with Crippen molar-refractivity contribution in [3.05, 3.63) is 0 Å². The van der Waals surface area contributed by atoms with Gasteiger partial charge in [-0.2, -0.15) is 5.26 Å². The van der Waals surface area contributed by atoms with Crippen LogP contribution in [-0.4, -0.2) is 51.2 Å². The molecule has 0 saturated carbocycles. The monoisotopic (exact) mass is 350 g/mol. The Kier molecular flexibility index (Phi) is 15.9. The first-order valence-corrected chi connectivity index (χ1v) is 9.80. The van der Waals surface area contributed by atoms with Crippen molar-refractivity contribution in [1.82, 2.24) is 0 Å². The topological polar surface area (TPSA) is 90.2 Å². The zero-order valence-electron chi connectivity index (χ0n) is 15.2. The first-order chi connectivity index (χ1) is 10.7. The molecule has 0 aliphatic heterocycles. The average molecular weight is 351 g/mol. The minimum Gasteiger partial charge on any atom is -0.726 e. The number of rotatable bonds is 12. The Balaban J connectivity index is 0. The van der Waals surface area contributed by atoms with Crippen LogP contribution in [0.3, 0.4) is 0 Å². The molecule has 6 nitrogen and oxygen atoms in total. The number of nitriles is 1. The van der Waals surface area contributed by atoms with Crippen molar-refractivity contribution >= 4 is 10.4 Å². The fourth-order valence-electron chi connectivity index (χ4n) is 2.28. The van der Waals surface area contributed by atoms with E-state index in [1.54, 1.807) is 0 Å². The maximum absolute atomic E-state index is 9.22. The van der Waals surface area contributed by atoms with Gasteiger partial charge in [0, 0.05) is 0 Å². The summed E-state index contributed by atoms with van der Waals surface area (Å²) in [5.41, 5.74) is 0. The summed E-state index contributed by atoms with van der Waals surface area (Å²) < 4.78 is 32.0. The van der Waals surface area contributed by atoms with E-state index in [1.807, 2.05) is 0 Å². The van der Waals surface area contributed by atoms with Crippen LogP contribution in [0.4, 0.5) is 0 Å². The molecule has 0 rings (SSSR count). The van der Waals surface area contributed by atoms with Crippen LogP contribution in [0, 0.1) is 11.3 Å². The number of unbranched alkanes of at least 4 members (excludes halogenated alkanes) is 6. The van der Waals surface area contributed by atoms with E-state index in [0.717, 1.165) is 11.6 Å². The second kappa shape index (κ2) is 14.9. The van der Waals surface area contributed by atoms with Crippen molar-refractivity contribution in [2.45, 2.75) is 65.2 Å². The zero-order chi connectivity index (χ0) is 18.2. The van der Waals surface area contributed by atoms with Crippen LogP contribution in [0.5, 0.6) is 0 Å². The lowest BCUT2D eigenvalue weighted by Gasteiger charge is -2.32. The van der Waals surface area contributed by atoms with E-state index in [2.05, 4.69) is 31.1 Å². The van der Waals surface area contributed by atoms with Gasteiger partial charge in [0.25, 0.3) is 0 Å². The molecule has 0 N–H and O–H groups in total. The molecule has 7 heteroatoms. The Bertz CT molecular complexity index is 393. The van der Waals surface area contributed by atoms with Crippen molar-refractivity contribution in [2.75, 3.05) is 33.8 Å². The molecule has 0 radical (unpaired) electrons. The maximum atomic E-state index is 9.22. The molecule has 0 fully saturated rings. The van der Waals surface area contributed by atoms with E-state index in [1.165, 1.54) is 64.5 Å². The molecule has 138 valence electrons. The lowest BCUT2D eigenvalue weighted by molar-refractivity contribution is -0.903. The molecule has 0 bridgehead atoms. The fourth-order valence-corrected chi connectivity index (χ4v) is 2.28. The Morgan fingerprint density at radius 3 is 1.65 bits per heavy atom. The second-order valence-corrected chi connectivity index (χ2v) is 7.23. The number of hydrogen-bond acceptors (Lipinski definition) is 5. The molecule has 0 aromatic rings. The summed E-state index contributed by atoms with van der Waals surface area (Å²) in [4.78, 5) is 0. The molecule has 0 aliphatic rings. The van der Waals surface area contributed by atoms with E-state index < -0.39 is 10.4 Å². The largest absolute Gasteiger partial charge is 0.726 e. The number of hydrogen-bond donors (Lipinski definition) is 0. The molecular weight excluding hydrogens is 316 g/mol. The first-order valence-electron chi connectivity index (χ1n) is 8.46. The van der Waals surface area contributed by atoms with Gasteiger partial charge in [0.15, 0.2) is 6.54 Å². The summed E-state index contributed by atoms with van der Waals surface area (Å²) in [6, 6.07) is 2.36. The third-order valence-electron chi connectivity index (χ3n) is 3.76. The van der Waals surface area contributed by atoms with Crippen molar-refractivity contribution in [2.24, 2.45) is 0 Å². The van der Waals surface area contributed by atoms with Crippen molar-refractivity contribution in [1.29, 1.82) is 5.26 Å². The van der Waals surface area contributed by atoms with Crippen LogP contribution >= 0.6 is 0 Å². The highest BCUT2D eigenvalue weighted by Gasteiger charge is 2.19. The van der Waals surface area contributed by atoms with Gasteiger partial charge in [0.1, 0.15) is 6.07 Å². The lowest BCUT2D eigenvalue weighted by Crippen LogP contribution is -2.45. The van der Waals surface area contributed by atoms with Crippen molar-refractivity contribution < 1.29 is 21.6 Å². The number of nitrogens with zero attached hydrogens (tertiary/aromatic N) is 2. The third-order valence-corrected chi connectivity index (χ3v) is 4.17. The van der Waals surface area contributed by atoms with E-state index >= 15 is 0 Å². The van der Waals surface area contributed by atoms with Gasteiger partial charge in [-0.1, -0.05) is 39.5 Å². The predicted molar refractivity (Wildman–Crippen MR) is 91.4 cm³/mol. The summed E-state index contributed by atoms with van der Waals surface area (Å²) in [5, 5.41) is 8.94. The highest BCUT2D eigenvalue weighted by Crippen LogP contribution is 2.11. The van der Waals surface area contributed by atoms with E-state index in [9.17, 15) is 13.0 Å². The SMILES string of the molecule is CCCCCC[N+](C)(CC#N)CCCCCC.COS(=O)(=O)[O-]. The molecule has 0 heterocycles. The van der Waals surface area contributed by atoms with E-state index in [0.29, 0.717) is 6.54 Å². The molecule has 23 heavy (non-hydrogen) atoms. The molecule has 0 spiro atoms. The minimum absolute atomic E-state index is 0.679. The van der Waals surface area contributed by atoms with Gasteiger partial charge in [0.05, 0.1) is 27.2 Å². The van der Waals surface area contributed by atoms with Gasteiger partial charge >= 0.3 is 0 Å². The van der Waals surface area contributed by atoms with Crippen LogP contribution in [0.1, 0.15) is 65.2 Å². The average Bonchev–Trinajstić information content (AvgIpc) is 2.49. The van der Waals surface area contributed by atoms with Crippen molar-refractivity contribution in [3.8, 4) is 6.07 Å². The molecule has 0 atom stereocenters. The number of quaternary nitrogens is 1. The Morgan fingerprint density at radius 2 is 1.39 bits per heavy atom. The molecule has 0 unspecified atom stereocenters. The summed E-state index contributed by atoms with van der Waals surface area (Å²) >= 11 is 0. The lowest BCUT2D eigenvalue weighted by atomic mass is 10.1. The fraction of sp³-hybridized carbons (Fsp3) is 0.938. The molecule has 0 aliphatic carbocycles. The zero-order valence-corrected chi connectivity index (χ0v) is 16.0. The first kappa shape index (κ1) is 24.6. The molecule has 0 aromatic heterocycles. The summed E-state index contributed by atoms with van der Waals surface area (Å²) in [6.45, 7) is 7.53. The normalized spacial score (nSPS) is 11.5. The molecule has 0 aromatic carbocycles. The third kappa shape index (κ3) is 19.3. The molecule has 0 saturated heterocycles.